The SMILES string of the molecule is CC(C)(C)OP(=O)(OCC(=O)[C@@]12O[C@H](c3ccc(C(F)(F)c4cccc(NC(=O)CCCCNC(=O)OCC5c6ccccc6-c6ccccc65)c4)cc3)O[C@@H]1C[C@H]1[C@@H]3CCC4=CC(=O)C=C[C@]4(C)[C@H]3[C@@H](O)C[C@@]12C)OC(C)(C)C. The Labute approximate surface area is 467 Å². The molecule has 0 radical (unpaired) electrons. The first-order chi connectivity index (χ1) is 37.7. The fourth-order valence-corrected chi connectivity index (χ4v) is 15.7. The van der Waals surface area contributed by atoms with Gasteiger partial charge in [0.15, 0.2) is 23.5 Å². The van der Waals surface area contributed by atoms with Crippen LogP contribution in [0.3, 0.4) is 0 Å². The number of benzene rings is 4. The highest BCUT2D eigenvalue weighted by Crippen LogP contribution is 2.71. The molecule has 6 aliphatic rings. The Kier molecular flexibility index (Phi) is 15.5. The average molecular weight is 1120 g/mol. The number of aliphatic hydroxyl groups excluding tert-OH is 1. The number of fused-ring (bicyclic) bond motifs is 10. The van der Waals surface area contributed by atoms with Crippen LogP contribution in [-0.2, 0) is 52.7 Å². The number of Topliss-reactive ketones (excluding diaryl/α,β-unsaturated/α-hetero) is 1. The Morgan fingerprint density at radius 3 is 2.17 bits per heavy atom. The zero-order chi connectivity index (χ0) is 57.2. The number of nitrogens with one attached hydrogen (secondary N) is 2. The van der Waals surface area contributed by atoms with Crippen LogP contribution in [0.4, 0.5) is 19.3 Å². The molecule has 10 rings (SSSR count). The lowest BCUT2D eigenvalue weighted by Crippen LogP contribution is -2.63. The molecule has 0 spiro atoms. The number of phosphoric acid groups is 1. The Morgan fingerprint density at radius 1 is 0.850 bits per heavy atom. The van der Waals surface area contributed by atoms with Crippen LogP contribution in [0.25, 0.3) is 11.1 Å². The summed E-state index contributed by atoms with van der Waals surface area (Å²) in [7, 11) is -4.39. The molecule has 80 heavy (non-hydrogen) atoms. The number of halogens is 2. The molecule has 3 saturated carbocycles. The van der Waals surface area contributed by atoms with Crippen LogP contribution in [0.15, 0.2) is 121 Å². The van der Waals surface area contributed by atoms with Gasteiger partial charge in [-0.3, -0.25) is 28.0 Å². The van der Waals surface area contributed by atoms with E-state index in [1.165, 1.54) is 48.5 Å². The number of alkyl halides is 2. The summed E-state index contributed by atoms with van der Waals surface area (Å²) in [5, 5.41) is 17.8. The Morgan fingerprint density at radius 2 is 1.51 bits per heavy atom. The number of unbranched alkanes of at least 4 members (excludes halogenated alkanes) is 1. The van der Waals surface area contributed by atoms with Gasteiger partial charge in [-0.05, 0) is 138 Å². The van der Waals surface area contributed by atoms with E-state index in [1.807, 2.05) is 37.3 Å². The van der Waals surface area contributed by atoms with E-state index in [4.69, 9.17) is 27.8 Å². The minimum absolute atomic E-state index is 0.0658. The van der Waals surface area contributed by atoms with E-state index in [-0.39, 0.29) is 78.2 Å². The summed E-state index contributed by atoms with van der Waals surface area (Å²) in [6.45, 7) is 13.9. The second-order valence-electron chi connectivity index (χ2n) is 24.8. The van der Waals surface area contributed by atoms with Gasteiger partial charge < -0.3 is 30.0 Å². The molecule has 5 aliphatic carbocycles. The molecule has 1 aliphatic heterocycles. The maximum absolute atomic E-state index is 16.5. The summed E-state index contributed by atoms with van der Waals surface area (Å²) in [6, 6.07) is 27.2. The summed E-state index contributed by atoms with van der Waals surface area (Å²) in [5.74, 6) is -5.18. The lowest BCUT2D eigenvalue weighted by Gasteiger charge is -2.59. The molecular weight excluding hydrogens is 1050 g/mol. The molecule has 9 atom stereocenters. The van der Waals surface area contributed by atoms with Crippen LogP contribution in [0.1, 0.15) is 140 Å². The second kappa shape index (κ2) is 21.6. The van der Waals surface area contributed by atoms with E-state index in [0.717, 1.165) is 27.8 Å². The van der Waals surface area contributed by atoms with Crippen molar-refractivity contribution < 1.29 is 65.4 Å². The average Bonchev–Trinajstić information content (AvgIpc) is 4.24. The minimum Gasteiger partial charge on any atom is -0.449 e. The largest absolute Gasteiger partial charge is 0.476 e. The van der Waals surface area contributed by atoms with Gasteiger partial charge in [0.1, 0.15) is 13.2 Å². The molecule has 14 nitrogen and oxygen atoms in total. The zero-order valence-electron chi connectivity index (χ0n) is 46.7. The topological polar surface area (TPSA) is 185 Å². The van der Waals surface area contributed by atoms with Gasteiger partial charge in [-0.1, -0.05) is 110 Å². The number of ether oxygens (including phenoxy) is 3. The standard InChI is InChI=1S/C63H73F2N2O12P/c1-58(2,3)78-80(73,79-59(4,5)6)75-37-52(70)62-53(34-50-48-28-27-40-33-43(68)29-30-60(40,7)55(48)51(69)35-61(50,62)8)76-56(77-62)38-23-25-39(26-24-38)63(64,65)41-16-15-17-42(32-41)67-54(71)22-13-14-31-66-57(72)74-36-49-46-20-11-9-18-44(46)45-19-10-12-21-47(45)49/h9-12,15-21,23-26,29-30,32-33,48-51,53,55-56,69H,13-14,22,27-28,31,34-37H2,1-8H3,(H,66,72)(H,67,71)/t48-,50-,51-,53+,55+,56+,60-,61-,62+/m0/s1. The highest BCUT2D eigenvalue weighted by Gasteiger charge is 2.76. The summed E-state index contributed by atoms with van der Waals surface area (Å²) in [4.78, 5) is 53.4. The van der Waals surface area contributed by atoms with Crippen molar-refractivity contribution in [3.8, 4) is 11.1 Å². The van der Waals surface area contributed by atoms with Gasteiger partial charge in [0, 0.05) is 58.0 Å². The predicted octanol–water partition coefficient (Wildman–Crippen LogP) is 12.8. The Hall–Kier alpha value is -5.71. The first-order valence-electron chi connectivity index (χ1n) is 27.9. The third-order valence-corrected chi connectivity index (χ3v) is 19.3. The van der Waals surface area contributed by atoms with Crippen LogP contribution in [0.2, 0.25) is 0 Å². The molecular formula is C63H73F2N2O12P. The first-order valence-corrected chi connectivity index (χ1v) is 29.3. The number of carbonyl (C=O) groups is 4. The van der Waals surface area contributed by atoms with E-state index in [2.05, 4.69) is 41.8 Å². The normalized spacial score (nSPS) is 27.9. The van der Waals surface area contributed by atoms with Gasteiger partial charge in [-0.2, -0.15) is 8.78 Å². The van der Waals surface area contributed by atoms with E-state index >= 15 is 13.6 Å². The maximum atomic E-state index is 16.5. The number of hydrogen-bond acceptors (Lipinski definition) is 12. The molecule has 3 N–H and O–H groups in total. The van der Waals surface area contributed by atoms with Crippen LogP contribution < -0.4 is 10.6 Å². The minimum atomic E-state index is -4.39. The smallest absolute Gasteiger partial charge is 0.449 e. The molecule has 4 aromatic carbocycles. The third kappa shape index (κ3) is 10.9. The number of amides is 2. The summed E-state index contributed by atoms with van der Waals surface area (Å²) < 4.78 is 84.2. The number of hydrogen-bond donors (Lipinski definition) is 3. The van der Waals surface area contributed by atoms with Crippen molar-refractivity contribution in [1.29, 1.82) is 0 Å². The van der Waals surface area contributed by atoms with Crippen molar-refractivity contribution in [3.63, 3.8) is 0 Å². The van der Waals surface area contributed by atoms with E-state index in [0.29, 0.717) is 37.7 Å². The molecule has 1 saturated heterocycles. The molecule has 4 fully saturated rings. The molecule has 0 aromatic heterocycles. The van der Waals surface area contributed by atoms with Crippen LogP contribution in [0.5, 0.6) is 0 Å². The first kappa shape index (κ1) is 57.5. The number of phosphoric ester groups is 1. The molecule has 0 bridgehead atoms. The van der Waals surface area contributed by atoms with Gasteiger partial charge in [0.2, 0.25) is 5.91 Å². The van der Waals surface area contributed by atoms with E-state index in [9.17, 15) is 24.1 Å². The van der Waals surface area contributed by atoms with E-state index < -0.39 is 78.4 Å². The zero-order valence-corrected chi connectivity index (χ0v) is 47.6. The highest BCUT2D eigenvalue weighted by molar-refractivity contribution is 7.48. The molecule has 17 heteroatoms. The van der Waals surface area contributed by atoms with Crippen molar-refractivity contribution in [2.75, 3.05) is 25.1 Å². The molecule has 0 unspecified atom stereocenters. The highest BCUT2D eigenvalue weighted by atomic mass is 31.2. The van der Waals surface area contributed by atoms with Crippen LogP contribution >= 0.6 is 7.82 Å². The number of ketones is 2. The summed E-state index contributed by atoms with van der Waals surface area (Å²) in [5.41, 5.74) is -0.0329. The second-order valence-corrected chi connectivity index (χ2v) is 26.4. The van der Waals surface area contributed by atoms with Gasteiger partial charge in [0.25, 0.3) is 5.92 Å². The number of carbonyl (C=O) groups excluding carboxylic acids is 4. The predicted molar refractivity (Wildman–Crippen MR) is 296 cm³/mol. The van der Waals surface area contributed by atoms with Crippen molar-refractivity contribution in [2.24, 2.45) is 28.6 Å². The monoisotopic (exact) mass is 1120 g/mol. The van der Waals surface area contributed by atoms with E-state index in [1.54, 1.807) is 53.7 Å². The number of rotatable bonds is 17. The summed E-state index contributed by atoms with van der Waals surface area (Å²) in [6.07, 6.45) is 4.40. The fourth-order valence-electron chi connectivity index (χ4n) is 14.0. The lowest BCUT2D eigenvalue weighted by atomic mass is 9.46. The maximum Gasteiger partial charge on any atom is 0.476 e. The Balaban J connectivity index is 0.789. The van der Waals surface area contributed by atoms with Gasteiger partial charge in [-0.15, -0.1) is 0 Å². The van der Waals surface area contributed by atoms with Crippen molar-refractivity contribution >= 4 is 37.1 Å². The molecule has 426 valence electrons. The van der Waals surface area contributed by atoms with Crippen LogP contribution in [0, 0.1) is 28.6 Å². The molecule has 1 heterocycles. The van der Waals surface area contributed by atoms with Crippen molar-refractivity contribution in [2.45, 2.75) is 147 Å². The number of aliphatic hydroxyl groups is 1. The lowest BCUT2D eigenvalue weighted by molar-refractivity contribution is -0.201. The fraction of sp³-hybridized carbons (Fsp3) is 0.492. The summed E-state index contributed by atoms with van der Waals surface area (Å²) >= 11 is 0. The molecule has 4 aromatic rings. The third-order valence-electron chi connectivity index (χ3n) is 17.3. The van der Waals surface area contributed by atoms with Gasteiger partial charge in [-0.25, -0.2) is 9.36 Å². The number of allylic oxidation sites excluding steroid dienone is 4. The number of anilines is 1. The van der Waals surface area contributed by atoms with Crippen LogP contribution in [-0.4, -0.2) is 77.4 Å². The molecule has 2 amide bonds. The number of alkyl carbamates (subject to hydrolysis) is 1. The van der Waals surface area contributed by atoms with Crippen molar-refractivity contribution in [1.82, 2.24) is 5.32 Å². The van der Waals surface area contributed by atoms with Gasteiger partial charge in [0.05, 0.1) is 23.4 Å². The quantitative estimate of drug-likeness (QED) is 0.0672. The Bertz CT molecular complexity index is 3100. The van der Waals surface area contributed by atoms with Gasteiger partial charge >= 0.3 is 13.9 Å². The van der Waals surface area contributed by atoms with Crippen molar-refractivity contribution in [3.05, 3.63) is 149 Å².